The minimum Gasteiger partial charge on any atom is -0.306 e. The van der Waals surface area contributed by atoms with Crippen LogP contribution < -0.4 is 5.32 Å². The third-order valence-electron chi connectivity index (χ3n) is 2.66. The highest BCUT2D eigenvalue weighted by Gasteiger charge is 2.29. The van der Waals surface area contributed by atoms with E-state index in [1.807, 2.05) is 6.92 Å². The molecule has 2 atom stereocenters. The molecule has 0 aromatic heterocycles. The average molecular weight is 243 g/mol. The van der Waals surface area contributed by atoms with Gasteiger partial charge in [0.1, 0.15) is 5.82 Å². The number of hydrogen-bond donors (Lipinski definition) is 1. The molecule has 0 spiro atoms. The van der Waals surface area contributed by atoms with Crippen molar-refractivity contribution < 1.29 is 12.8 Å². The first-order valence-electron chi connectivity index (χ1n) is 5.18. The lowest BCUT2D eigenvalue weighted by Crippen LogP contribution is -2.45. The summed E-state index contributed by atoms with van der Waals surface area (Å²) in [5.74, 6) is -0.144. The Labute approximate surface area is 94.6 Å². The molecule has 16 heavy (non-hydrogen) atoms. The van der Waals surface area contributed by atoms with Gasteiger partial charge in [-0.3, -0.25) is 0 Å². The summed E-state index contributed by atoms with van der Waals surface area (Å²) >= 11 is 0. The van der Waals surface area contributed by atoms with Gasteiger partial charge in [-0.1, -0.05) is 12.1 Å². The smallest absolute Gasteiger partial charge is 0.153 e. The highest BCUT2D eigenvalue weighted by atomic mass is 32.2. The molecule has 1 aliphatic heterocycles. The van der Waals surface area contributed by atoms with E-state index in [0.717, 1.165) is 0 Å². The van der Waals surface area contributed by atoms with Gasteiger partial charge in [0.2, 0.25) is 0 Å². The Kier molecular flexibility index (Phi) is 2.99. The van der Waals surface area contributed by atoms with E-state index in [1.54, 1.807) is 12.1 Å². The first-order valence-corrected chi connectivity index (χ1v) is 7.00. The molecule has 1 saturated heterocycles. The summed E-state index contributed by atoms with van der Waals surface area (Å²) in [6, 6.07) is 5.68. The maximum atomic E-state index is 13.0. The number of halogens is 1. The SMILES string of the molecule is CC1CS(=O)(=O)CC(c2cccc(F)c2)N1. The fourth-order valence-electron chi connectivity index (χ4n) is 2.06. The normalized spacial score (nSPS) is 28.9. The van der Waals surface area contributed by atoms with Crippen LogP contribution in [0.25, 0.3) is 0 Å². The fourth-order valence-corrected chi connectivity index (χ4v) is 3.85. The van der Waals surface area contributed by atoms with Crippen LogP contribution >= 0.6 is 0 Å². The molecule has 0 saturated carbocycles. The lowest BCUT2D eigenvalue weighted by molar-refractivity contribution is 0.467. The molecule has 5 heteroatoms. The predicted octanol–water partition coefficient (Wildman–Crippen LogP) is 1.27. The second-order valence-corrected chi connectivity index (χ2v) is 6.41. The van der Waals surface area contributed by atoms with E-state index in [4.69, 9.17) is 0 Å². The van der Waals surface area contributed by atoms with Gasteiger partial charge in [0.05, 0.1) is 11.5 Å². The summed E-state index contributed by atoms with van der Waals surface area (Å²) < 4.78 is 36.2. The lowest BCUT2D eigenvalue weighted by atomic mass is 10.1. The predicted molar refractivity (Wildman–Crippen MR) is 60.4 cm³/mol. The molecule has 3 nitrogen and oxygen atoms in total. The Hall–Kier alpha value is -0.940. The van der Waals surface area contributed by atoms with Crippen LogP contribution in [0.5, 0.6) is 0 Å². The molecule has 0 bridgehead atoms. The summed E-state index contributed by atoms with van der Waals surface area (Å²) in [5, 5.41) is 3.17. The molecule has 1 aromatic rings. The Morgan fingerprint density at radius 1 is 1.38 bits per heavy atom. The second-order valence-electron chi connectivity index (χ2n) is 4.25. The van der Waals surface area contributed by atoms with Crippen molar-refractivity contribution in [2.24, 2.45) is 0 Å². The highest BCUT2D eigenvalue weighted by molar-refractivity contribution is 7.91. The van der Waals surface area contributed by atoms with Crippen LogP contribution in [0.3, 0.4) is 0 Å². The Balaban J connectivity index is 2.28. The average Bonchev–Trinajstić information content (AvgIpc) is 2.14. The van der Waals surface area contributed by atoms with E-state index in [2.05, 4.69) is 5.32 Å². The number of nitrogens with one attached hydrogen (secondary N) is 1. The molecule has 1 N–H and O–H groups in total. The third kappa shape index (κ3) is 2.59. The van der Waals surface area contributed by atoms with E-state index in [1.165, 1.54) is 12.1 Å². The summed E-state index contributed by atoms with van der Waals surface area (Å²) in [6.07, 6.45) is 0. The van der Waals surface area contributed by atoms with Crippen molar-refractivity contribution in [1.29, 1.82) is 0 Å². The van der Waals surface area contributed by atoms with Gasteiger partial charge in [-0.25, -0.2) is 12.8 Å². The highest BCUT2D eigenvalue weighted by Crippen LogP contribution is 2.21. The summed E-state index contributed by atoms with van der Waals surface area (Å²) in [7, 11) is -3.03. The molecule has 1 aromatic carbocycles. The number of benzene rings is 1. The molecule has 0 amide bonds. The van der Waals surface area contributed by atoms with Crippen LogP contribution in [-0.4, -0.2) is 26.0 Å². The molecule has 2 rings (SSSR count). The van der Waals surface area contributed by atoms with Crippen molar-refractivity contribution in [3.63, 3.8) is 0 Å². The molecule has 1 fully saturated rings. The Bertz CT molecular complexity index is 487. The van der Waals surface area contributed by atoms with E-state index in [9.17, 15) is 12.8 Å². The van der Waals surface area contributed by atoms with E-state index in [0.29, 0.717) is 5.56 Å². The first-order chi connectivity index (χ1) is 7.46. The molecular formula is C11H14FNO2S. The van der Waals surface area contributed by atoms with Crippen molar-refractivity contribution in [3.05, 3.63) is 35.6 Å². The maximum Gasteiger partial charge on any atom is 0.153 e. The van der Waals surface area contributed by atoms with Crippen LogP contribution in [0.4, 0.5) is 4.39 Å². The minimum atomic E-state index is -3.03. The molecule has 0 radical (unpaired) electrons. The van der Waals surface area contributed by atoms with Gasteiger partial charge in [-0.15, -0.1) is 0 Å². The van der Waals surface area contributed by atoms with Crippen molar-refractivity contribution >= 4 is 9.84 Å². The van der Waals surface area contributed by atoms with Gasteiger partial charge < -0.3 is 5.32 Å². The largest absolute Gasteiger partial charge is 0.306 e. The zero-order valence-corrected chi connectivity index (χ0v) is 9.80. The number of sulfone groups is 1. The molecule has 1 aliphatic rings. The van der Waals surface area contributed by atoms with Crippen LogP contribution in [0, 0.1) is 5.82 Å². The van der Waals surface area contributed by atoms with Crippen LogP contribution in [-0.2, 0) is 9.84 Å². The summed E-state index contributed by atoms with van der Waals surface area (Å²) in [5.41, 5.74) is 0.690. The number of rotatable bonds is 1. The van der Waals surface area contributed by atoms with Crippen molar-refractivity contribution in [3.8, 4) is 0 Å². The Morgan fingerprint density at radius 2 is 2.12 bits per heavy atom. The molecular weight excluding hydrogens is 229 g/mol. The molecule has 88 valence electrons. The van der Waals surface area contributed by atoms with Gasteiger partial charge in [0.15, 0.2) is 9.84 Å². The first kappa shape index (κ1) is 11.5. The molecule has 2 unspecified atom stereocenters. The van der Waals surface area contributed by atoms with Crippen molar-refractivity contribution in [2.45, 2.75) is 19.0 Å². The molecule has 0 aliphatic carbocycles. The quantitative estimate of drug-likeness (QED) is 0.808. The Morgan fingerprint density at radius 3 is 2.75 bits per heavy atom. The fraction of sp³-hybridized carbons (Fsp3) is 0.455. The maximum absolute atomic E-state index is 13.0. The minimum absolute atomic E-state index is 0.0425. The van der Waals surface area contributed by atoms with Gasteiger partial charge in [0, 0.05) is 12.1 Å². The zero-order valence-electron chi connectivity index (χ0n) is 8.98. The monoisotopic (exact) mass is 243 g/mol. The molecule has 1 heterocycles. The summed E-state index contributed by atoms with van der Waals surface area (Å²) in [4.78, 5) is 0. The van der Waals surface area contributed by atoms with Crippen molar-refractivity contribution in [1.82, 2.24) is 5.32 Å². The second kappa shape index (κ2) is 4.14. The van der Waals surface area contributed by atoms with Gasteiger partial charge in [0.25, 0.3) is 0 Å². The van der Waals surface area contributed by atoms with E-state index >= 15 is 0 Å². The third-order valence-corrected chi connectivity index (χ3v) is 4.51. The zero-order chi connectivity index (χ0) is 11.8. The van der Waals surface area contributed by atoms with Gasteiger partial charge in [-0.05, 0) is 24.6 Å². The lowest BCUT2D eigenvalue weighted by Gasteiger charge is -2.29. The van der Waals surface area contributed by atoms with Gasteiger partial charge in [-0.2, -0.15) is 0 Å². The van der Waals surface area contributed by atoms with E-state index in [-0.39, 0.29) is 29.4 Å². The topological polar surface area (TPSA) is 46.2 Å². The summed E-state index contributed by atoms with van der Waals surface area (Å²) in [6.45, 7) is 1.82. The van der Waals surface area contributed by atoms with Gasteiger partial charge >= 0.3 is 0 Å². The van der Waals surface area contributed by atoms with E-state index < -0.39 is 9.84 Å². The van der Waals surface area contributed by atoms with Crippen molar-refractivity contribution in [2.75, 3.05) is 11.5 Å². The van der Waals surface area contributed by atoms with Crippen LogP contribution in [0.1, 0.15) is 18.5 Å². The number of hydrogen-bond acceptors (Lipinski definition) is 3. The van der Waals surface area contributed by atoms with Crippen LogP contribution in [0.2, 0.25) is 0 Å². The van der Waals surface area contributed by atoms with Crippen LogP contribution in [0.15, 0.2) is 24.3 Å². The standard InChI is InChI=1S/C11H14FNO2S/c1-8-6-16(14,15)7-11(13-8)9-3-2-4-10(12)5-9/h2-5,8,11,13H,6-7H2,1H3.